The number of anilines is 1. The van der Waals surface area contributed by atoms with Gasteiger partial charge in [0, 0.05) is 11.1 Å². The van der Waals surface area contributed by atoms with Gasteiger partial charge in [-0.05, 0) is 35.7 Å². The van der Waals surface area contributed by atoms with E-state index in [0.29, 0.717) is 22.2 Å². The van der Waals surface area contributed by atoms with Crippen molar-refractivity contribution in [2.45, 2.75) is 19.8 Å². The monoisotopic (exact) mass is 347 g/mol. The van der Waals surface area contributed by atoms with Crippen LogP contribution >= 0.6 is 11.6 Å². The Bertz CT molecular complexity index is 698. The van der Waals surface area contributed by atoms with E-state index < -0.39 is 0 Å². The van der Waals surface area contributed by atoms with Gasteiger partial charge in [-0.3, -0.25) is 4.79 Å². The molecule has 128 valence electrons. The van der Waals surface area contributed by atoms with Crippen molar-refractivity contribution in [2.75, 3.05) is 19.5 Å². The third kappa shape index (κ3) is 4.20. The van der Waals surface area contributed by atoms with Crippen molar-refractivity contribution in [2.24, 2.45) is 5.92 Å². The largest absolute Gasteiger partial charge is 0.497 e. The molecule has 2 aromatic rings. The van der Waals surface area contributed by atoms with Gasteiger partial charge in [0.05, 0.1) is 25.8 Å². The number of nitrogens with one attached hydrogen (secondary N) is 1. The molecule has 24 heavy (non-hydrogen) atoms. The Morgan fingerprint density at radius 1 is 1.04 bits per heavy atom. The molecule has 0 aliphatic heterocycles. The van der Waals surface area contributed by atoms with Crippen molar-refractivity contribution in [3.8, 4) is 11.5 Å². The van der Waals surface area contributed by atoms with Crippen molar-refractivity contribution in [1.82, 2.24) is 0 Å². The summed E-state index contributed by atoms with van der Waals surface area (Å²) < 4.78 is 10.5. The Hall–Kier alpha value is -2.20. The first-order valence-electron chi connectivity index (χ1n) is 7.74. The number of rotatable bonds is 6. The zero-order valence-corrected chi connectivity index (χ0v) is 15.1. The van der Waals surface area contributed by atoms with Crippen LogP contribution in [-0.4, -0.2) is 20.1 Å². The highest BCUT2D eigenvalue weighted by atomic mass is 35.5. The molecule has 1 amide bonds. The number of benzene rings is 2. The summed E-state index contributed by atoms with van der Waals surface area (Å²) in [7, 11) is 3.14. The van der Waals surface area contributed by atoms with Crippen LogP contribution in [0, 0.1) is 5.92 Å². The number of ether oxygens (including phenoxy) is 2. The highest BCUT2D eigenvalue weighted by Crippen LogP contribution is 2.32. The van der Waals surface area contributed by atoms with Crippen LogP contribution in [0.15, 0.2) is 42.5 Å². The molecule has 4 nitrogen and oxygen atoms in total. The Kier molecular flexibility index (Phi) is 6.10. The van der Waals surface area contributed by atoms with E-state index in [9.17, 15) is 4.79 Å². The Morgan fingerprint density at radius 2 is 1.71 bits per heavy atom. The number of amides is 1. The molecule has 1 atom stereocenters. The van der Waals surface area contributed by atoms with Gasteiger partial charge < -0.3 is 14.8 Å². The summed E-state index contributed by atoms with van der Waals surface area (Å²) in [4.78, 5) is 12.8. The van der Waals surface area contributed by atoms with Crippen LogP contribution in [0.1, 0.15) is 25.3 Å². The van der Waals surface area contributed by atoms with Crippen molar-refractivity contribution in [3.05, 3.63) is 53.1 Å². The van der Waals surface area contributed by atoms with Gasteiger partial charge in [0.2, 0.25) is 5.91 Å². The van der Waals surface area contributed by atoms with Crippen molar-refractivity contribution in [1.29, 1.82) is 0 Å². The highest BCUT2D eigenvalue weighted by molar-refractivity contribution is 6.30. The lowest BCUT2D eigenvalue weighted by molar-refractivity contribution is -0.118. The van der Waals surface area contributed by atoms with Gasteiger partial charge in [-0.1, -0.05) is 37.6 Å². The fraction of sp³-hybridized carbons (Fsp3) is 0.316. The predicted molar refractivity (Wildman–Crippen MR) is 97.2 cm³/mol. The van der Waals surface area contributed by atoms with E-state index in [1.165, 1.54) is 0 Å². The predicted octanol–water partition coefficient (Wildman–Crippen LogP) is 4.74. The van der Waals surface area contributed by atoms with E-state index in [1.54, 1.807) is 44.6 Å². The maximum absolute atomic E-state index is 12.8. The van der Waals surface area contributed by atoms with Crippen LogP contribution in [0.5, 0.6) is 11.5 Å². The first-order chi connectivity index (χ1) is 11.5. The SMILES string of the molecule is COc1ccc(NC(=O)[C@H](c2ccc(Cl)cc2)C(C)C)c(OC)c1. The summed E-state index contributed by atoms with van der Waals surface area (Å²) in [6.07, 6.45) is 0. The summed E-state index contributed by atoms with van der Waals surface area (Å²) in [5.41, 5.74) is 1.54. The lowest BCUT2D eigenvalue weighted by atomic mass is 9.87. The van der Waals surface area contributed by atoms with Gasteiger partial charge in [0.25, 0.3) is 0 Å². The minimum Gasteiger partial charge on any atom is -0.497 e. The second-order valence-corrected chi connectivity index (χ2v) is 6.27. The second-order valence-electron chi connectivity index (χ2n) is 5.83. The molecule has 0 aliphatic rings. The molecule has 0 saturated heterocycles. The second kappa shape index (κ2) is 8.06. The number of methoxy groups -OCH3 is 2. The van der Waals surface area contributed by atoms with Crippen molar-refractivity contribution >= 4 is 23.2 Å². The smallest absolute Gasteiger partial charge is 0.232 e. The number of carbonyl (C=O) groups excluding carboxylic acids is 1. The van der Waals surface area contributed by atoms with Crippen LogP contribution in [-0.2, 0) is 4.79 Å². The van der Waals surface area contributed by atoms with Gasteiger partial charge in [-0.15, -0.1) is 0 Å². The molecule has 1 N–H and O–H groups in total. The normalized spacial score (nSPS) is 11.9. The average molecular weight is 348 g/mol. The van der Waals surface area contributed by atoms with Gasteiger partial charge in [0.1, 0.15) is 11.5 Å². The topological polar surface area (TPSA) is 47.6 Å². The summed E-state index contributed by atoms with van der Waals surface area (Å²) in [6.45, 7) is 4.04. The molecule has 0 spiro atoms. The number of carbonyl (C=O) groups is 1. The molecule has 0 fully saturated rings. The van der Waals surface area contributed by atoms with E-state index in [1.807, 2.05) is 26.0 Å². The molecular weight excluding hydrogens is 326 g/mol. The average Bonchev–Trinajstić information content (AvgIpc) is 2.57. The molecule has 0 unspecified atom stereocenters. The van der Waals surface area contributed by atoms with Crippen LogP contribution in [0.3, 0.4) is 0 Å². The minimum atomic E-state index is -0.283. The van der Waals surface area contributed by atoms with Gasteiger partial charge >= 0.3 is 0 Å². The quantitative estimate of drug-likeness (QED) is 0.821. The zero-order chi connectivity index (χ0) is 17.7. The van der Waals surface area contributed by atoms with Gasteiger partial charge in [0.15, 0.2) is 0 Å². The van der Waals surface area contributed by atoms with E-state index in [-0.39, 0.29) is 17.7 Å². The lowest BCUT2D eigenvalue weighted by Crippen LogP contribution is -2.25. The number of halogens is 1. The summed E-state index contributed by atoms with van der Waals surface area (Å²) in [5.74, 6) is 0.990. The van der Waals surface area contributed by atoms with E-state index in [0.717, 1.165) is 5.56 Å². The summed E-state index contributed by atoms with van der Waals surface area (Å²) >= 11 is 5.94. The fourth-order valence-corrected chi connectivity index (χ4v) is 2.75. The first kappa shape index (κ1) is 18.1. The molecule has 2 aromatic carbocycles. The molecule has 2 rings (SSSR count). The summed E-state index contributed by atoms with van der Waals surface area (Å²) in [6, 6.07) is 12.7. The van der Waals surface area contributed by atoms with Crippen LogP contribution in [0.4, 0.5) is 5.69 Å². The van der Waals surface area contributed by atoms with Gasteiger partial charge in [-0.2, -0.15) is 0 Å². The summed E-state index contributed by atoms with van der Waals surface area (Å²) in [5, 5.41) is 3.61. The maximum Gasteiger partial charge on any atom is 0.232 e. The molecule has 0 heterocycles. The first-order valence-corrected chi connectivity index (χ1v) is 8.12. The van der Waals surface area contributed by atoms with Gasteiger partial charge in [-0.25, -0.2) is 0 Å². The Morgan fingerprint density at radius 3 is 2.25 bits per heavy atom. The van der Waals surface area contributed by atoms with Crippen molar-refractivity contribution < 1.29 is 14.3 Å². The third-order valence-electron chi connectivity index (χ3n) is 3.84. The van der Waals surface area contributed by atoms with E-state index in [2.05, 4.69) is 5.32 Å². The van der Waals surface area contributed by atoms with E-state index in [4.69, 9.17) is 21.1 Å². The molecule has 0 aromatic heterocycles. The van der Waals surface area contributed by atoms with Crippen LogP contribution < -0.4 is 14.8 Å². The number of hydrogen-bond donors (Lipinski definition) is 1. The Labute approximate surface area is 147 Å². The molecular formula is C19H22ClNO3. The van der Waals surface area contributed by atoms with Crippen LogP contribution in [0.25, 0.3) is 0 Å². The minimum absolute atomic E-state index is 0.0872. The molecule has 5 heteroatoms. The number of hydrogen-bond acceptors (Lipinski definition) is 3. The highest BCUT2D eigenvalue weighted by Gasteiger charge is 2.25. The molecule has 0 aliphatic carbocycles. The van der Waals surface area contributed by atoms with Crippen molar-refractivity contribution in [3.63, 3.8) is 0 Å². The lowest BCUT2D eigenvalue weighted by Gasteiger charge is -2.21. The fourth-order valence-electron chi connectivity index (χ4n) is 2.62. The standard InChI is InChI=1S/C19H22ClNO3/c1-12(2)18(13-5-7-14(20)8-6-13)19(22)21-16-10-9-15(23-3)11-17(16)24-4/h5-12,18H,1-4H3,(H,21,22)/t18-/m0/s1. The van der Waals surface area contributed by atoms with E-state index >= 15 is 0 Å². The third-order valence-corrected chi connectivity index (χ3v) is 4.10. The molecule has 0 radical (unpaired) electrons. The van der Waals surface area contributed by atoms with Crippen LogP contribution in [0.2, 0.25) is 5.02 Å². The maximum atomic E-state index is 12.8. The zero-order valence-electron chi connectivity index (χ0n) is 14.3. The Balaban J connectivity index is 2.27. The molecule has 0 saturated carbocycles. The molecule has 0 bridgehead atoms.